The van der Waals surface area contributed by atoms with Crippen LogP contribution in [0.2, 0.25) is 0 Å². The highest BCUT2D eigenvalue weighted by atomic mass is 32.1. The molecule has 154 valence electrons. The van der Waals surface area contributed by atoms with Crippen LogP contribution in [0, 0.1) is 0 Å². The highest BCUT2D eigenvalue weighted by Crippen LogP contribution is 2.34. The lowest BCUT2D eigenvalue weighted by molar-refractivity contribution is -0.152. The molecule has 2 heterocycles. The normalized spacial score (nSPS) is 11.8. The van der Waals surface area contributed by atoms with E-state index in [1.165, 1.54) is 15.9 Å². The molecule has 0 spiro atoms. The minimum absolute atomic E-state index is 0.0387. The van der Waals surface area contributed by atoms with E-state index in [9.17, 15) is 9.59 Å². The number of rotatable bonds is 6. The Morgan fingerprint density at radius 2 is 2.03 bits per heavy atom. The number of fused-ring (bicyclic) bond motifs is 1. The summed E-state index contributed by atoms with van der Waals surface area (Å²) in [6.45, 7) is 9.31. The van der Waals surface area contributed by atoms with Crippen LogP contribution in [0.25, 0.3) is 21.3 Å². The zero-order valence-corrected chi connectivity index (χ0v) is 18.4. The van der Waals surface area contributed by atoms with Crippen molar-refractivity contribution in [1.29, 1.82) is 0 Å². The first-order valence-electron chi connectivity index (χ1n) is 9.58. The van der Waals surface area contributed by atoms with Gasteiger partial charge in [0, 0.05) is 16.9 Å². The molecule has 1 aromatic carbocycles. The number of methoxy groups -OCH3 is 1. The molecule has 0 aliphatic rings. The Balaban J connectivity index is 2.34. The molecule has 7 heteroatoms. The van der Waals surface area contributed by atoms with Crippen LogP contribution in [0.4, 0.5) is 0 Å². The third-order valence-corrected chi connectivity index (χ3v) is 5.74. The van der Waals surface area contributed by atoms with Gasteiger partial charge in [0.05, 0.1) is 19.1 Å². The summed E-state index contributed by atoms with van der Waals surface area (Å²) in [6.07, 6.45) is 0. The lowest BCUT2D eigenvalue weighted by Crippen LogP contribution is -2.46. The van der Waals surface area contributed by atoms with Gasteiger partial charge < -0.3 is 9.47 Å². The molecule has 2 aromatic heterocycles. The summed E-state index contributed by atoms with van der Waals surface area (Å²) in [6, 6.07) is 7.56. The Kier molecular flexibility index (Phi) is 5.80. The highest BCUT2D eigenvalue weighted by molar-refractivity contribution is 7.17. The number of carbonyl (C=O) groups is 1. The van der Waals surface area contributed by atoms with Crippen LogP contribution in [-0.2, 0) is 15.1 Å². The fourth-order valence-corrected chi connectivity index (χ4v) is 4.28. The summed E-state index contributed by atoms with van der Waals surface area (Å²) in [7, 11) is 1.61. The molecule has 0 saturated heterocycles. The van der Waals surface area contributed by atoms with E-state index in [0.717, 1.165) is 11.1 Å². The first kappa shape index (κ1) is 21.0. The molecular formula is C22H26N2O4S. The van der Waals surface area contributed by atoms with Crippen LogP contribution >= 0.6 is 11.3 Å². The summed E-state index contributed by atoms with van der Waals surface area (Å²) in [4.78, 5) is 31.8. The van der Waals surface area contributed by atoms with Crippen molar-refractivity contribution in [2.45, 2.75) is 46.1 Å². The second-order valence-electron chi connectivity index (χ2n) is 7.61. The molecule has 0 amide bonds. The van der Waals surface area contributed by atoms with Gasteiger partial charge in [-0.15, -0.1) is 11.3 Å². The predicted molar refractivity (Wildman–Crippen MR) is 116 cm³/mol. The zero-order chi connectivity index (χ0) is 21.3. The van der Waals surface area contributed by atoms with Crippen molar-refractivity contribution >= 4 is 27.5 Å². The summed E-state index contributed by atoms with van der Waals surface area (Å²) < 4.78 is 12.1. The van der Waals surface area contributed by atoms with Crippen molar-refractivity contribution in [2.24, 2.45) is 0 Å². The van der Waals surface area contributed by atoms with Crippen molar-refractivity contribution < 1.29 is 14.3 Å². The van der Waals surface area contributed by atoms with Crippen LogP contribution < -0.4 is 10.3 Å². The fourth-order valence-electron chi connectivity index (χ4n) is 3.34. The third-order valence-electron chi connectivity index (χ3n) is 4.86. The number of carbonyl (C=O) groups excluding carboxylic acids is 1. The molecule has 0 atom stereocenters. The maximum Gasteiger partial charge on any atom is 0.331 e. The van der Waals surface area contributed by atoms with Crippen LogP contribution in [0.15, 0.2) is 34.4 Å². The van der Waals surface area contributed by atoms with Crippen molar-refractivity contribution in [1.82, 2.24) is 9.55 Å². The molecule has 0 saturated carbocycles. The lowest BCUT2D eigenvalue weighted by atomic mass is 10.0. The van der Waals surface area contributed by atoms with Gasteiger partial charge in [-0.1, -0.05) is 26.0 Å². The Labute approximate surface area is 174 Å². The van der Waals surface area contributed by atoms with Gasteiger partial charge in [0.25, 0.3) is 5.56 Å². The number of esters is 1. The van der Waals surface area contributed by atoms with Gasteiger partial charge in [0.1, 0.15) is 21.9 Å². The minimum atomic E-state index is -1.18. The maximum atomic E-state index is 13.7. The van der Waals surface area contributed by atoms with E-state index in [4.69, 9.17) is 14.5 Å². The van der Waals surface area contributed by atoms with Crippen LogP contribution in [0.1, 0.15) is 46.4 Å². The first-order valence-corrected chi connectivity index (χ1v) is 10.5. The van der Waals surface area contributed by atoms with Gasteiger partial charge in [0.15, 0.2) is 0 Å². The van der Waals surface area contributed by atoms with E-state index in [-0.39, 0.29) is 18.1 Å². The average Bonchev–Trinajstić information content (AvgIpc) is 3.12. The topological polar surface area (TPSA) is 70.4 Å². The van der Waals surface area contributed by atoms with Crippen LogP contribution in [0.3, 0.4) is 0 Å². The van der Waals surface area contributed by atoms with Crippen LogP contribution in [-0.4, -0.2) is 29.2 Å². The number of aromatic nitrogens is 2. The molecule has 0 N–H and O–H groups in total. The summed E-state index contributed by atoms with van der Waals surface area (Å²) in [5.41, 5.74) is 0.231. The van der Waals surface area contributed by atoms with E-state index in [1.54, 1.807) is 27.9 Å². The summed E-state index contributed by atoms with van der Waals surface area (Å²) >= 11 is 1.42. The Hall–Kier alpha value is -2.67. The number of nitrogens with zero attached hydrogens (tertiary/aromatic N) is 2. The van der Waals surface area contributed by atoms with Gasteiger partial charge in [-0.05, 0) is 38.5 Å². The van der Waals surface area contributed by atoms with Gasteiger partial charge in [-0.2, -0.15) is 0 Å². The molecular weight excluding hydrogens is 388 g/mol. The third kappa shape index (κ3) is 3.67. The predicted octanol–water partition coefficient (Wildman–Crippen LogP) is 4.56. The molecule has 0 aliphatic carbocycles. The number of thiophene rings is 1. The molecule has 0 unspecified atom stereocenters. The van der Waals surface area contributed by atoms with Crippen molar-refractivity contribution in [2.75, 3.05) is 13.7 Å². The quantitative estimate of drug-likeness (QED) is 0.553. The molecule has 0 fully saturated rings. The van der Waals surface area contributed by atoms with Crippen molar-refractivity contribution in [3.8, 4) is 16.9 Å². The average molecular weight is 415 g/mol. The lowest BCUT2D eigenvalue weighted by Gasteiger charge is -2.28. The van der Waals surface area contributed by atoms with Gasteiger partial charge in [-0.25, -0.2) is 9.78 Å². The molecule has 0 bridgehead atoms. The Bertz CT molecular complexity index is 1110. The maximum absolute atomic E-state index is 13.7. The van der Waals surface area contributed by atoms with Gasteiger partial charge >= 0.3 is 5.97 Å². The largest absolute Gasteiger partial charge is 0.497 e. The Morgan fingerprint density at radius 1 is 1.31 bits per heavy atom. The standard InChI is InChI=1S/C22H26N2O4S/c1-7-28-21(26)22(4,5)24-18(13(2)3)23-19-17(20(24)25)16(12-29-19)14-9-8-10-15(11-14)27-6/h8-13H,7H2,1-6H3. The molecule has 0 aliphatic heterocycles. The highest BCUT2D eigenvalue weighted by Gasteiger charge is 2.36. The van der Waals surface area contributed by atoms with E-state index in [1.807, 2.05) is 43.5 Å². The van der Waals surface area contributed by atoms with Crippen LogP contribution in [0.5, 0.6) is 5.75 Å². The first-order chi connectivity index (χ1) is 13.7. The smallest absolute Gasteiger partial charge is 0.331 e. The summed E-state index contributed by atoms with van der Waals surface area (Å²) in [5, 5.41) is 2.43. The molecule has 29 heavy (non-hydrogen) atoms. The molecule has 0 radical (unpaired) electrons. The number of hydrogen-bond donors (Lipinski definition) is 0. The second-order valence-corrected chi connectivity index (χ2v) is 8.46. The van der Waals surface area contributed by atoms with E-state index in [0.29, 0.717) is 21.8 Å². The number of hydrogen-bond acceptors (Lipinski definition) is 6. The van der Waals surface area contributed by atoms with Crippen molar-refractivity contribution in [3.63, 3.8) is 0 Å². The summed E-state index contributed by atoms with van der Waals surface area (Å²) in [5.74, 6) is 0.784. The molecule has 3 aromatic rings. The zero-order valence-electron chi connectivity index (χ0n) is 17.6. The Morgan fingerprint density at radius 3 is 2.66 bits per heavy atom. The van der Waals surface area contributed by atoms with Gasteiger partial charge in [0.2, 0.25) is 0 Å². The minimum Gasteiger partial charge on any atom is -0.497 e. The monoisotopic (exact) mass is 414 g/mol. The van der Waals surface area contributed by atoms with E-state index >= 15 is 0 Å². The van der Waals surface area contributed by atoms with E-state index < -0.39 is 11.5 Å². The van der Waals surface area contributed by atoms with E-state index in [2.05, 4.69) is 0 Å². The number of ether oxygens (including phenoxy) is 2. The fraction of sp³-hybridized carbons (Fsp3) is 0.409. The molecule has 3 rings (SSSR count). The van der Waals surface area contributed by atoms with Crippen molar-refractivity contribution in [3.05, 3.63) is 45.8 Å². The molecule has 6 nitrogen and oxygen atoms in total. The SMILES string of the molecule is CCOC(=O)C(C)(C)n1c(C(C)C)nc2scc(-c3cccc(OC)c3)c2c1=O. The number of benzene rings is 1. The second kappa shape index (κ2) is 7.99. The van der Waals surface area contributed by atoms with Gasteiger partial charge in [-0.3, -0.25) is 9.36 Å².